The van der Waals surface area contributed by atoms with E-state index >= 15 is 0 Å². The average molecular weight is 301 g/mol. The number of imidazole rings is 1. The minimum atomic E-state index is -1.17. The highest BCUT2D eigenvalue weighted by Gasteiger charge is 2.30. The fourth-order valence-electron chi connectivity index (χ4n) is 2.04. The van der Waals surface area contributed by atoms with Crippen molar-refractivity contribution in [2.24, 2.45) is 0 Å². The molecule has 0 saturated heterocycles. The van der Waals surface area contributed by atoms with Gasteiger partial charge in [-0.2, -0.15) is 0 Å². The fourth-order valence-corrected chi connectivity index (χ4v) is 2.04. The van der Waals surface area contributed by atoms with Crippen LogP contribution in [0.15, 0.2) is 30.3 Å². The molecule has 1 saturated carbocycles. The van der Waals surface area contributed by atoms with Crippen LogP contribution in [0, 0.1) is 0 Å². The van der Waals surface area contributed by atoms with Gasteiger partial charge in [0.15, 0.2) is 11.5 Å². The van der Waals surface area contributed by atoms with Crippen molar-refractivity contribution in [3.05, 3.63) is 47.4 Å². The number of carbonyl (C=O) groups is 2. The summed E-state index contributed by atoms with van der Waals surface area (Å²) in [6.07, 6.45) is 1.22. The molecule has 1 amide bonds. The highest BCUT2D eigenvalue weighted by atomic mass is 16.5. The molecule has 3 rings (SSSR count). The molecule has 1 fully saturated rings. The second-order valence-electron chi connectivity index (χ2n) is 5.11. The van der Waals surface area contributed by atoms with E-state index in [0.717, 1.165) is 18.4 Å². The lowest BCUT2D eigenvalue weighted by molar-refractivity contribution is 0.0692. The number of anilines is 1. The molecule has 1 aromatic heterocycles. The maximum Gasteiger partial charge on any atom is 0.413 e. The van der Waals surface area contributed by atoms with E-state index in [1.54, 1.807) is 0 Å². The summed E-state index contributed by atoms with van der Waals surface area (Å²) in [5.41, 5.74) is 0.718. The summed E-state index contributed by atoms with van der Waals surface area (Å²) < 4.78 is 5.06. The number of rotatable bonds is 5. The third-order valence-corrected chi connectivity index (χ3v) is 3.33. The van der Waals surface area contributed by atoms with Crippen LogP contribution in [0.25, 0.3) is 0 Å². The Kier molecular flexibility index (Phi) is 3.78. The standard InChI is InChI=1S/C15H15N3O4/c19-14(20)11-13(17-12(16-11)10-6-7-10)18-15(21)22-8-9-4-2-1-3-5-9/h1-5,10H,6-8H2,(H,16,17)(H,18,21)(H,19,20). The zero-order valence-corrected chi connectivity index (χ0v) is 11.7. The molecule has 0 unspecified atom stereocenters. The summed E-state index contributed by atoms with van der Waals surface area (Å²) in [5.74, 6) is -0.324. The number of nitrogens with zero attached hydrogens (tertiary/aromatic N) is 1. The van der Waals surface area contributed by atoms with Crippen molar-refractivity contribution in [1.29, 1.82) is 0 Å². The van der Waals surface area contributed by atoms with Crippen molar-refractivity contribution >= 4 is 17.9 Å². The van der Waals surface area contributed by atoms with Crippen LogP contribution in [0.2, 0.25) is 0 Å². The molecule has 1 aliphatic rings. The molecule has 0 spiro atoms. The zero-order chi connectivity index (χ0) is 15.5. The van der Waals surface area contributed by atoms with Gasteiger partial charge in [0, 0.05) is 5.92 Å². The predicted octanol–water partition coefficient (Wildman–Crippen LogP) is 2.73. The molecular weight excluding hydrogens is 286 g/mol. The lowest BCUT2D eigenvalue weighted by Gasteiger charge is -2.05. The number of nitrogens with one attached hydrogen (secondary N) is 2. The normalized spacial score (nSPS) is 13.6. The summed E-state index contributed by atoms with van der Waals surface area (Å²) in [7, 11) is 0. The van der Waals surface area contributed by atoms with Gasteiger partial charge >= 0.3 is 12.1 Å². The first-order chi connectivity index (χ1) is 10.6. The van der Waals surface area contributed by atoms with Gasteiger partial charge in [0.05, 0.1) is 0 Å². The number of hydrogen-bond acceptors (Lipinski definition) is 4. The highest BCUT2D eigenvalue weighted by molar-refractivity contribution is 5.96. The third kappa shape index (κ3) is 3.25. The van der Waals surface area contributed by atoms with Crippen LogP contribution in [0.5, 0.6) is 0 Å². The van der Waals surface area contributed by atoms with Crippen LogP contribution >= 0.6 is 0 Å². The Morgan fingerprint density at radius 3 is 2.68 bits per heavy atom. The maximum absolute atomic E-state index is 11.8. The lowest BCUT2D eigenvalue weighted by atomic mass is 10.2. The van der Waals surface area contributed by atoms with Gasteiger partial charge in [-0.1, -0.05) is 30.3 Å². The van der Waals surface area contributed by atoms with Crippen molar-refractivity contribution in [3.8, 4) is 0 Å². The summed E-state index contributed by atoms with van der Waals surface area (Å²) in [6, 6.07) is 9.21. The van der Waals surface area contributed by atoms with E-state index in [1.807, 2.05) is 30.3 Å². The SMILES string of the molecule is O=C(Nc1nc(C2CC2)[nH]c1C(=O)O)OCc1ccccc1. The molecule has 7 heteroatoms. The average Bonchev–Trinajstić information content (AvgIpc) is 3.27. The molecule has 0 radical (unpaired) electrons. The number of hydrogen-bond donors (Lipinski definition) is 3. The molecule has 1 aromatic carbocycles. The van der Waals surface area contributed by atoms with Crippen LogP contribution in [-0.2, 0) is 11.3 Å². The van der Waals surface area contributed by atoms with Crippen LogP contribution in [0.1, 0.15) is 40.6 Å². The van der Waals surface area contributed by atoms with E-state index in [2.05, 4.69) is 15.3 Å². The molecule has 2 aromatic rings. The van der Waals surface area contributed by atoms with Crippen molar-refractivity contribution in [3.63, 3.8) is 0 Å². The number of amides is 1. The van der Waals surface area contributed by atoms with Gasteiger partial charge in [-0.25, -0.2) is 14.6 Å². The largest absolute Gasteiger partial charge is 0.476 e. The number of carbonyl (C=O) groups excluding carboxylic acids is 1. The van der Waals surface area contributed by atoms with Crippen molar-refractivity contribution < 1.29 is 19.4 Å². The van der Waals surface area contributed by atoms with Crippen LogP contribution in [-0.4, -0.2) is 27.1 Å². The molecule has 1 aliphatic carbocycles. The number of benzene rings is 1. The second-order valence-corrected chi connectivity index (χ2v) is 5.11. The Balaban J connectivity index is 1.64. The topological polar surface area (TPSA) is 104 Å². The molecule has 114 valence electrons. The fraction of sp³-hybridized carbons (Fsp3) is 0.267. The number of ether oxygens (including phenoxy) is 1. The molecule has 22 heavy (non-hydrogen) atoms. The van der Waals surface area contributed by atoms with Gasteiger partial charge in [-0.3, -0.25) is 5.32 Å². The number of carboxylic acid groups (broad SMARTS) is 1. The van der Waals surface area contributed by atoms with E-state index in [9.17, 15) is 9.59 Å². The highest BCUT2D eigenvalue weighted by Crippen LogP contribution is 2.39. The first-order valence-corrected chi connectivity index (χ1v) is 6.94. The Hall–Kier alpha value is -2.83. The summed E-state index contributed by atoms with van der Waals surface area (Å²) in [6.45, 7) is 0.106. The zero-order valence-electron chi connectivity index (χ0n) is 11.7. The Morgan fingerprint density at radius 2 is 2.05 bits per heavy atom. The maximum atomic E-state index is 11.8. The predicted molar refractivity (Wildman–Crippen MR) is 77.8 cm³/mol. The Bertz CT molecular complexity index is 692. The first kappa shape index (κ1) is 14.1. The van der Waals surface area contributed by atoms with Gasteiger partial charge in [0.1, 0.15) is 12.4 Å². The van der Waals surface area contributed by atoms with E-state index in [-0.39, 0.29) is 24.0 Å². The van der Waals surface area contributed by atoms with E-state index < -0.39 is 12.1 Å². The summed E-state index contributed by atoms with van der Waals surface area (Å²) >= 11 is 0. The molecule has 0 bridgehead atoms. The lowest BCUT2D eigenvalue weighted by Crippen LogP contribution is -2.16. The smallest absolute Gasteiger partial charge is 0.413 e. The molecule has 7 nitrogen and oxygen atoms in total. The van der Waals surface area contributed by atoms with Gasteiger partial charge in [0.2, 0.25) is 0 Å². The number of aromatic nitrogens is 2. The van der Waals surface area contributed by atoms with Crippen molar-refractivity contribution in [2.75, 3.05) is 5.32 Å². The minimum absolute atomic E-state index is 0.00698. The Labute approximate surface area is 126 Å². The van der Waals surface area contributed by atoms with Crippen LogP contribution in [0.4, 0.5) is 10.6 Å². The molecule has 1 heterocycles. The van der Waals surface area contributed by atoms with E-state index in [1.165, 1.54) is 0 Å². The molecule has 3 N–H and O–H groups in total. The number of carboxylic acids is 1. The third-order valence-electron chi connectivity index (χ3n) is 3.33. The quantitative estimate of drug-likeness (QED) is 0.787. The van der Waals surface area contributed by atoms with Gasteiger partial charge in [-0.15, -0.1) is 0 Å². The van der Waals surface area contributed by atoms with E-state index in [0.29, 0.717) is 5.82 Å². The summed E-state index contributed by atoms with van der Waals surface area (Å²) in [5, 5.41) is 11.5. The van der Waals surface area contributed by atoms with E-state index in [4.69, 9.17) is 9.84 Å². The van der Waals surface area contributed by atoms with Crippen LogP contribution in [0.3, 0.4) is 0 Å². The van der Waals surface area contributed by atoms with Gasteiger partial charge in [0.25, 0.3) is 0 Å². The monoisotopic (exact) mass is 301 g/mol. The second kappa shape index (κ2) is 5.88. The minimum Gasteiger partial charge on any atom is -0.476 e. The van der Waals surface area contributed by atoms with Crippen molar-refractivity contribution in [2.45, 2.75) is 25.4 Å². The number of aromatic amines is 1. The Morgan fingerprint density at radius 1 is 1.32 bits per heavy atom. The molecule has 0 atom stereocenters. The summed E-state index contributed by atoms with van der Waals surface area (Å²) in [4.78, 5) is 29.8. The van der Waals surface area contributed by atoms with Gasteiger partial charge < -0.3 is 14.8 Å². The van der Waals surface area contributed by atoms with Crippen LogP contribution < -0.4 is 5.32 Å². The molecular formula is C15H15N3O4. The van der Waals surface area contributed by atoms with Crippen molar-refractivity contribution in [1.82, 2.24) is 9.97 Å². The number of aromatic carboxylic acids is 1. The first-order valence-electron chi connectivity index (χ1n) is 6.94. The van der Waals surface area contributed by atoms with Gasteiger partial charge in [-0.05, 0) is 18.4 Å². The molecule has 0 aliphatic heterocycles. The number of H-pyrrole nitrogens is 1.